The van der Waals surface area contributed by atoms with Gasteiger partial charge in [-0.25, -0.2) is 0 Å². The lowest BCUT2D eigenvalue weighted by Crippen LogP contribution is -2.64. The number of hydrogen-bond acceptors (Lipinski definition) is 4. The molecule has 2 aromatic carbocycles. The lowest BCUT2D eigenvalue weighted by molar-refractivity contribution is -0.0297. The molecular formula is C25H32N2O2. The van der Waals surface area contributed by atoms with Gasteiger partial charge >= 0.3 is 0 Å². The van der Waals surface area contributed by atoms with Crippen molar-refractivity contribution in [2.75, 3.05) is 40.9 Å². The van der Waals surface area contributed by atoms with Gasteiger partial charge in [-0.15, -0.1) is 0 Å². The normalized spacial score (nSPS) is 29.1. The van der Waals surface area contributed by atoms with Gasteiger partial charge in [0, 0.05) is 24.5 Å². The lowest BCUT2D eigenvalue weighted by Gasteiger charge is -2.60. The Kier molecular flexibility index (Phi) is 4.79. The van der Waals surface area contributed by atoms with E-state index in [0.29, 0.717) is 17.4 Å². The van der Waals surface area contributed by atoms with Gasteiger partial charge in [0.25, 0.3) is 0 Å². The van der Waals surface area contributed by atoms with Crippen molar-refractivity contribution in [1.29, 1.82) is 0 Å². The van der Waals surface area contributed by atoms with Crippen LogP contribution in [0.1, 0.15) is 29.5 Å². The molecule has 4 nitrogen and oxygen atoms in total. The molecule has 2 fully saturated rings. The average Bonchev–Trinajstić information content (AvgIpc) is 2.76. The number of likely N-dealkylation sites (N-methyl/N-ethyl adjacent to an activating group) is 1. The predicted molar refractivity (Wildman–Crippen MR) is 116 cm³/mol. The molecule has 0 radical (unpaired) electrons. The van der Waals surface area contributed by atoms with Crippen LogP contribution in [0.2, 0.25) is 0 Å². The maximum Gasteiger partial charge on any atom is 0.119 e. The number of benzene rings is 2. The van der Waals surface area contributed by atoms with E-state index in [0.717, 1.165) is 24.6 Å². The molecular weight excluding hydrogens is 360 g/mol. The van der Waals surface area contributed by atoms with Crippen molar-refractivity contribution in [1.82, 2.24) is 9.80 Å². The molecule has 29 heavy (non-hydrogen) atoms. The Morgan fingerprint density at radius 1 is 0.966 bits per heavy atom. The summed E-state index contributed by atoms with van der Waals surface area (Å²) in [7, 11) is 5.84. The summed E-state index contributed by atoms with van der Waals surface area (Å²) in [6.45, 7) is 4.57. The monoisotopic (exact) mass is 392 g/mol. The molecule has 0 saturated carbocycles. The van der Waals surface area contributed by atoms with Crippen molar-refractivity contribution in [3.63, 3.8) is 0 Å². The highest BCUT2D eigenvalue weighted by Crippen LogP contribution is 2.53. The summed E-state index contributed by atoms with van der Waals surface area (Å²) >= 11 is 0. The largest absolute Gasteiger partial charge is 0.497 e. The lowest BCUT2D eigenvalue weighted by atomic mass is 9.54. The fraction of sp³-hybridized carbons (Fsp3) is 0.520. The van der Waals surface area contributed by atoms with Crippen LogP contribution in [0.3, 0.4) is 0 Å². The smallest absolute Gasteiger partial charge is 0.119 e. The highest BCUT2D eigenvalue weighted by Gasteiger charge is 2.54. The minimum absolute atomic E-state index is 0.315. The maximum absolute atomic E-state index is 5.60. The average molecular weight is 393 g/mol. The molecule has 2 aromatic rings. The predicted octanol–water partition coefficient (Wildman–Crippen LogP) is 3.72. The van der Waals surface area contributed by atoms with Crippen molar-refractivity contribution >= 4 is 0 Å². The molecule has 5 rings (SSSR count). The molecule has 0 spiro atoms. The molecule has 3 aliphatic rings. The molecule has 1 aliphatic carbocycles. The SMILES string of the molecule is COc1ccc(CN2CC[C@]34CCN(C)[C@H](Cc5ccc(OC)cc53)[C@@H]4C2)cc1. The molecule has 2 saturated heterocycles. The van der Waals surface area contributed by atoms with Crippen LogP contribution >= 0.6 is 0 Å². The second-order valence-corrected chi connectivity index (χ2v) is 9.12. The summed E-state index contributed by atoms with van der Waals surface area (Å²) in [6.07, 6.45) is 3.68. The zero-order valence-electron chi connectivity index (χ0n) is 17.9. The number of rotatable bonds is 4. The summed E-state index contributed by atoms with van der Waals surface area (Å²) in [6, 6.07) is 16.0. The summed E-state index contributed by atoms with van der Waals surface area (Å²) in [5, 5.41) is 0. The van der Waals surface area contributed by atoms with Gasteiger partial charge in [0.15, 0.2) is 0 Å². The van der Waals surface area contributed by atoms with E-state index in [1.807, 2.05) is 0 Å². The van der Waals surface area contributed by atoms with E-state index in [1.54, 1.807) is 25.3 Å². The number of piperidine rings is 2. The van der Waals surface area contributed by atoms with Gasteiger partial charge < -0.3 is 14.4 Å². The van der Waals surface area contributed by atoms with Crippen LogP contribution in [0, 0.1) is 5.92 Å². The second-order valence-electron chi connectivity index (χ2n) is 9.12. The Labute approximate surface area is 174 Å². The van der Waals surface area contributed by atoms with Gasteiger partial charge in [-0.2, -0.15) is 0 Å². The third-order valence-corrected chi connectivity index (χ3v) is 7.83. The summed E-state index contributed by atoms with van der Waals surface area (Å²) in [5.41, 5.74) is 4.81. The first-order chi connectivity index (χ1) is 14.1. The number of hydrogen-bond donors (Lipinski definition) is 0. The molecule has 4 heteroatoms. The Hall–Kier alpha value is -2.04. The van der Waals surface area contributed by atoms with Gasteiger partial charge in [-0.05, 0) is 86.3 Å². The number of ether oxygens (including phenoxy) is 2. The van der Waals surface area contributed by atoms with E-state index in [1.165, 1.54) is 37.9 Å². The third-order valence-electron chi connectivity index (χ3n) is 7.83. The fourth-order valence-corrected chi connectivity index (χ4v) is 6.19. The molecule has 0 N–H and O–H groups in total. The van der Waals surface area contributed by atoms with E-state index in [-0.39, 0.29) is 0 Å². The standard InChI is InChI=1S/C25H32N2O2/c1-26-12-10-25-11-13-27(16-18-4-7-20(28-2)8-5-18)17-23(25)24(26)14-19-6-9-21(29-3)15-22(19)25/h4-9,15,23-24H,10-14,16-17H2,1-3H3/t23-,24+,25+/m0/s1. The summed E-state index contributed by atoms with van der Waals surface area (Å²) in [5.74, 6) is 2.63. The van der Waals surface area contributed by atoms with E-state index in [9.17, 15) is 0 Å². The zero-order chi connectivity index (χ0) is 20.0. The number of fused-ring (bicyclic) bond motifs is 1. The van der Waals surface area contributed by atoms with Crippen LogP contribution < -0.4 is 9.47 Å². The zero-order valence-corrected chi connectivity index (χ0v) is 17.9. The molecule has 2 aliphatic heterocycles. The molecule has 0 amide bonds. The van der Waals surface area contributed by atoms with Crippen LogP contribution in [0.5, 0.6) is 11.5 Å². The Balaban J connectivity index is 1.43. The molecule has 0 unspecified atom stereocenters. The van der Waals surface area contributed by atoms with E-state index < -0.39 is 0 Å². The Morgan fingerprint density at radius 3 is 2.45 bits per heavy atom. The maximum atomic E-state index is 5.60. The molecule has 3 atom stereocenters. The van der Waals surface area contributed by atoms with Gasteiger partial charge in [-0.3, -0.25) is 4.90 Å². The van der Waals surface area contributed by atoms with Crippen LogP contribution in [-0.2, 0) is 18.4 Å². The van der Waals surface area contributed by atoms with E-state index >= 15 is 0 Å². The minimum Gasteiger partial charge on any atom is -0.497 e. The molecule has 2 heterocycles. The van der Waals surface area contributed by atoms with Crippen LogP contribution in [-0.4, -0.2) is 56.7 Å². The van der Waals surface area contributed by atoms with Crippen molar-refractivity contribution in [3.8, 4) is 11.5 Å². The fourth-order valence-electron chi connectivity index (χ4n) is 6.19. The number of methoxy groups -OCH3 is 2. The second kappa shape index (κ2) is 7.33. The van der Waals surface area contributed by atoms with Gasteiger partial charge in [0.05, 0.1) is 14.2 Å². The Morgan fingerprint density at radius 2 is 1.69 bits per heavy atom. The first-order valence-corrected chi connectivity index (χ1v) is 10.9. The minimum atomic E-state index is 0.315. The molecule has 154 valence electrons. The van der Waals surface area contributed by atoms with Crippen LogP contribution in [0.15, 0.2) is 42.5 Å². The van der Waals surface area contributed by atoms with Gasteiger partial charge in [0.2, 0.25) is 0 Å². The van der Waals surface area contributed by atoms with Crippen LogP contribution in [0.4, 0.5) is 0 Å². The Bertz CT molecular complexity index is 881. The van der Waals surface area contributed by atoms with Crippen molar-refractivity contribution < 1.29 is 9.47 Å². The first-order valence-electron chi connectivity index (χ1n) is 10.9. The van der Waals surface area contributed by atoms with Crippen LogP contribution in [0.25, 0.3) is 0 Å². The molecule has 0 aromatic heterocycles. The van der Waals surface area contributed by atoms with E-state index in [2.05, 4.69) is 59.3 Å². The van der Waals surface area contributed by atoms with E-state index in [4.69, 9.17) is 9.47 Å². The highest BCUT2D eigenvalue weighted by molar-refractivity contribution is 5.46. The molecule has 2 bridgehead atoms. The van der Waals surface area contributed by atoms with Crippen molar-refractivity contribution in [2.45, 2.75) is 37.3 Å². The highest BCUT2D eigenvalue weighted by atomic mass is 16.5. The third kappa shape index (κ3) is 3.13. The van der Waals surface area contributed by atoms with Gasteiger partial charge in [-0.1, -0.05) is 18.2 Å². The summed E-state index contributed by atoms with van der Waals surface area (Å²) in [4.78, 5) is 5.29. The van der Waals surface area contributed by atoms with Crippen molar-refractivity contribution in [2.24, 2.45) is 5.92 Å². The summed E-state index contributed by atoms with van der Waals surface area (Å²) < 4.78 is 10.9. The number of nitrogens with zero attached hydrogens (tertiary/aromatic N) is 2. The van der Waals surface area contributed by atoms with Gasteiger partial charge in [0.1, 0.15) is 11.5 Å². The number of likely N-dealkylation sites (tertiary alicyclic amines) is 2. The quantitative estimate of drug-likeness (QED) is 0.792. The van der Waals surface area contributed by atoms with Crippen molar-refractivity contribution in [3.05, 3.63) is 59.2 Å². The topological polar surface area (TPSA) is 24.9 Å². The first kappa shape index (κ1) is 19.0.